The lowest BCUT2D eigenvalue weighted by molar-refractivity contribution is -0.141. The minimum atomic E-state index is -1.04. The van der Waals surface area contributed by atoms with Crippen LogP contribution >= 0.6 is 0 Å². The van der Waals surface area contributed by atoms with Crippen LogP contribution in [0.3, 0.4) is 0 Å². The van der Waals surface area contributed by atoms with Crippen molar-refractivity contribution in [3.63, 3.8) is 0 Å². The second-order valence-corrected chi connectivity index (χ2v) is 5.06. The highest BCUT2D eigenvalue weighted by Gasteiger charge is 2.33. The molecular formula is C15H19NO4. The van der Waals surface area contributed by atoms with Gasteiger partial charge >= 0.3 is 5.97 Å². The molecule has 1 fully saturated rings. The fraction of sp³-hybridized carbons (Fsp3) is 0.467. The molecule has 1 aliphatic heterocycles. The van der Waals surface area contributed by atoms with Crippen LogP contribution in [0.25, 0.3) is 0 Å². The Morgan fingerprint density at radius 1 is 1.35 bits per heavy atom. The summed E-state index contributed by atoms with van der Waals surface area (Å²) in [6, 6.07) is 7.89. The minimum absolute atomic E-state index is 0.252. The average molecular weight is 277 g/mol. The normalized spacial score (nSPS) is 22.2. The maximum Gasteiger partial charge on any atom is 0.322 e. The molecule has 1 aromatic carbocycles. The van der Waals surface area contributed by atoms with Gasteiger partial charge in [0.25, 0.3) is 0 Å². The molecule has 1 aromatic rings. The number of carbonyl (C=O) groups excluding carboxylic acids is 1. The molecule has 0 aromatic heterocycles. The average Bonchev–Trinajstić information content (AvgIpc) is 2.45. The van der Waals surface area contributed by atoms with E-state index in [0.29, 0.717) is 13.0 Å². The molecule has 0 bridgehead atoms. The maximum absolute atomic E-state index is 12.1. The van der Waals surface area contributed by atoms with Crippen molar-refractivity contribution in [3.8, 4) is 0 Å². The molecule has 1 heterocycles. The van der Waals surface area contributed by atoms with Crippen molar-refractivity contribution in [3.05, 3.63) is 35.4 Å². The summed E-state index contributed by atoms with van der Waals surface area (Å²) >= 11 is 0. The molecule has 0 radical (unpaired) electrons. The van der Waals surface area contributed by atoms with E-state index in [0.717, 1.165) is 17.5 Å². The molecule has 5 nitrogen and oxygen atoms in total. The van der Waals surface area contributed by atoms with Crippen molar-refractivity contribution in [1.29, 1.82) is 0 Å². The Morgan fingerprint density at radius 2 is 2.05 bits per heavy atom. The molecule has 5 heteroatoms. The highest BCUT2D eigenvalue weighted by molar-refractivity contribution is 5.83. The van der Waals surface area contributed by atoms with Gasteiger partial charge in [0.1, 0.15) is 6.54 Å². The second-order valence-electron chi connectivity index (χ2n) is 5.06. The van der Waals surface area contributed by atoms with Gasteiger partial charge in [-0.25, -0.2) is 0 Å². The summed E-state index contributed by atoms with van der Waals surface area (Å²) in [4.78, 5) is 22.6. The maximum atomic E-state index is 12.1. The molecule has 2 rings (SSSR count). The predicted molar refractivity (Wildman–Crippen MR) is 73.2 cm³/mol. The Bertz CT molecular complexity index is 483. The minimum Gasteiger partial charge on any atom is -0.480 e. The number of carboxylic acids is 1. The van der Waals surface area contributed by atoms with Crippen LogP contribution in [0.1, 0.15) is 30.1 Å². The van der Waals surface area contributed by atoms with Gasteiger partial charge in [0.2, 0.25) is 5.91 Å². The number of hydrogen-bond donors (Lipinski definition) is 2. The summed E-state index contributed by atoms with van der Waals surface area (Å²) in [5.41, 5.74) is 2.11. The quantitative estimate of drug-likeness (QED) is 0.877. The second kappa shape index (κ2) is 6.52. The lowest BCUT2D eigenvalue weighted by Gasteiger charge is -2.31. The Labute approximate surface area is 117 Å². The van der Waals surface area contributed by atoms with Crippen molar-refractivity contribution >= 4 is 11.9 Å². The number of carbonyl (C=O) groups is 2. The topological polar surface area (TPSA) is 75.6 Å². The van der Waals surface area contributed by atoms with Gasteiger partial charge in [0.15, 0.2) is 0 Å². The molecule has 20 heavy (non-hydrogen) atoms. The van der Waals surface area contributed by atoms with Gasteiger partial charge in [-0.3, -0.25) is 9.59 Å². The van der Waals surface area contributed by atoms with E-state index in [9.17, 15) is 9.59 Å². The van der Waals surface area contributed by atoms with Crippen LogP contribution in [-0.2, 0) is 14.3 Å². The number of hydrogen-bond acceptors (Lipinski definition) is 3. The standard InChI is InChI=1S/C15H19NO4/c1-10-4-6-11(7-5-10)14-12(3-2-8-20-14)15(19)16-9-13(17)18/h4-7,12,14H,2-3,8-9H2,1H3,(H,16,19)(H,17,18)/t12-,14+/m0/s1. The molecule has 0 spiro atoms. The van der Waals surface area contributed by atoms with Gasteiger partial charge in [0.05, 0.1) is 12.0 Å². The van der Waals surface area contributed by atoms with Crippen LogP contribution < -0.4 is 5.32 Å². The summed E-state index contributed by atoms with van der Waals surface area (Å²) in [6.45, 7) is 2.28. The molecule has 1 amide bonds. The van der Waals surface area contributed by atoms with Gasteiger partial charge in [-0.05, 0) is 25.3 Å². The van der Waals surface area contributed by atoms with E-state index in [-0.39, 0.29) is 24.5 Å². The molecule has 2 atom stereocenters. The van der Waals surface area contributed by atoms with E-state index >= 15 is 0 Å². The number of rotatable bonds is 4. The van der Waals surface area contributed by atoms with E-state index < -0.39 is 5.97 Å². The van der Waals surface area contributed by atoms with Crippen LogP contribution in [0.2, 0.25) is 0 Å². The summed E-state index contributed by atoms with van der Waals surface area (Å²) in [7, 11) is 0. The van der Waals surface area contributed by atoms with Crippen LogP contribution in [0.5, 0.6) is 0 Å². The summed E-state index contributed by atoms with van der Waals surface area (Å²) in [6.07, 6.45) is 1.23. The first-order chi connectivity index (χ1) is 9.58. The van der Waals surface area contributed by atoms with Gasteiger partial charge < -0.3 is 15.2 Å². The lowest BCUT2D eigenvalue weighted by Crippen LogP contribution is -2.39. The number of nitrogens with one attached hydrogen (secondary N) is 1. The zero-order chi connectivity index (χ0) is 14.5. The van der Waals surface area contributed by atoms with Crippen molar-refractivity contribution in [1.82, 2.24) is 5.32 Å². The Balaban J connectivity index is 2.10. The highest BCUT2D eigenvalue weighted by Crippen LogP contribution is 2.33. The first-order valence-corrected chi connectivity index (χ1v) is 6.75. The fourth-order valence-corrected chi connectivity index (χ4v) is 2.43. The first kappa shape index (κ1) is 14.5. The van der Waals surface area contributed by atoms with Gasteiger partial charge in [-0.15, -0.1) is 0 Å². The largest absolute Gasteiger partial charge is 0.480 e. The SMILES string of the molecule is Cc1ccc([C@H]2OCCC[C@@H]2C(=O)NCC(=O)O)cc1. The van der Waals surface area contributed by atoms with Crippen LogP contribution in [-0.4, -0.2) is 30.1 Å². The Kier molecular flexibility index (Phi) is 4.74. The lowest BCUT2D eigenvalue weighted by atomic mass is 9.88. The highest BCUT2D eigenvalue weighted by atomic mass is 16.5. The van der Waals surface area contributed by atoms with Gasteiger partial charge in [-0.1, -0.05) is 29.8 Å². The van der Waals surface area contributed by atoms with E-state index in [4.69, 9.17) is 9.84 Å². The summed E-state index contributed by atoms with van der Waals surface area (Å²) in [5, 5.41) is 11.1. The number of aliphatic carboxylic acids is 1. The van der Waals surface area contributed by atoms with Crippen LogP contribution in [0.15, 0.2) is 24.3 Å². The van der Waals surface area contributed by atoms with E-state index in [1.807, 2.05) is 31.2 Å². The molecule has 0 unspecified atom stereocenters. The smallest absolute Gasteiger partial charge is 0.322 e. The number of aryl methyl sites for hydroxylation is 1. The van der Waals surface area contributed by atoms with E-state index in [2.05, 4.69) is 5.32 Å². The van der Waals surface area contributed by atoms with E-state index in [1.54, 1.807) is 0 Å². The molecule has 0 saturated carbocycles. The Morgan fingerprint density at radius 3 is 2.70 bits per heavy atom. The van der Waals surface area contributed by atoms with E-state index in [1.165, 1.54) is 0 Å². The fourth-order valence-electron chi connectivity index (χ4n) is 2.43. The first-order valence-electron chi connectivity index (χ1n) is 6.75. The van der Waals surface area contributed by atoms with Crippen LogP contribution in [0, 0.1) is 12.8 Å². The molecule has 2 N–H and O–H groups in total. The molecule has 1 aliphatic rings. The third kappa shape index (κ3) is 3.57. The zero-order valence-electron chi connectivity index (χ0n) is 11.5. The number of ether oxygens (including phenoxy) is 1. The zero-order valence-corrected chi connectivity index (χ0v) is 11.5. The number of benzene rings is 1. The third-order valence-electron chi connectivity index (χ3n) is 3.48. The predicted octanol–water partition coefficient (Wildman–Crippen LogP) is 1.66. The number of amides is 1. The number of carboxylic acid groups (broad SMARTS) is 1. The van der Waals surface area contributed by atoms with Crippen LogP contribution in [0.4, 0.5) is 0 Å². The molecule has 0 aliphatic carbocycles. The summed E-state index contributed by atoms with van der Waals surface area (Å²) < 4.78 is 5.74. The van der Waals surface area contributed by atoms with Crippen molar-refractivity contribution < 1.29 is 19.4 Å². The molecule has 108 valence electrons. The third-order valence-corrected chi connectivity index (χ3v) is 3.48. The monoisotopic (exact) mass is 277 g/mol. The van der Waals surface area contributed by atoms with Gasteiger partial charge in [0, 0.05) is 6.61 Å². The summed E-state index contributed by atoms with van der Waals surface area (Å²) in [5.74, 6) is -1.62. The Hall–Kier alpha value is -1.88. The molecule has 1 saturated heterocycles. The van der Waals surface area contributed by atoms with Crippen molar-refractivity contribution in [2.24, 2.45) is 5.92 Å². The van der Waals surface area contributed by atoms with Crippen molar-refractivity contribution in [2.75, 3.05) is 13.2 Å². The van der Waals surface area contributed by atoms with Gasteiger partial charge in [-0.2, -0.15) is 0 Å². The van der Waals surface area contributed by atoms with Crippen molar-refractivity contribution in [2.45, 2.75) is 25.9 Å². The molecular weight excluding hydrogens is 258 g/mol.